The minimum atomic E-state index is -0.735. The van der Waals surface area contributed by atoms with Crippen LogP contribution < -0.4 is 9.64 Å². The number of nitrogens with zero attached hydrogens (tertiary/aromatic N) is 3. The summed E-state index contributed by atoms with van der Waals surface area (Å²) in [6.07, 6.45) is 1.39. The van der Waals surface area contributed by atoms with Crippen LogP contribution in [0.2, 0.25) is 0 Å². The number of carbonyl (C=O) groups excluding carboxylic acids is 1. The van der Waals surface area contributed by atoms with Gasteiger partial charge in [-0.1, -0.05) is 6.07 Å². The number of hydrogen-bond donors (Lipinski definition) is 2. The highest BCUT2D eigenvalue weighted by Gasteiger charge is 2.35. The molecule has 2 heterocycles. The number of carbonyl (C=O) groups is 1. The summed E-state index contributed by atoms with van der Waals surface area (Å²) in [5.74, 6) is 0.922. The maximum atomic E-state index is 11.8. The standard InChI is InChI=1S/C21H33N3O4/c1-17(26)24-11-10-22(13-18(14-24)15-25)16-21(27)6-8-23(9-7-21)19-4-3-5-20(12-19)28-2/h3-5,12,18,25,27H,6-11,13-16H2,1-2H3/t18-/m0/s1. The van der Waals surface area contributed by atoms with Crippen molar-refractivity contribution in [1.29, 1.82) is 0 Å². The topological polar surface area (TPSA) is 76.5 Å². The summed E-state index contributed by atoms with van der Waals surface area (Å²) in [5, 5.41) is 20.8. The lowest BCUT2D eigenvalue weighted by atomic mass is 9.90. The minimum absolute atomic E-state index is 0.0341. The molecular weight excluding hydrogens is 358 g/mol. The summed E-state index contributed by atoms with van der Waals surface area (Å²) < 4.78 is 5.31. The lowest BCUT2D eigenvalue weighted by molar-refractivity contribution is -0.129. The molecule has 7 nitrogen and oxygen atoms in total. The van der Waals surface area contributed by atoms with Crippen LogP contribution in [-0.2, 0) is 4.79 Å². The zero-order valence-electron chi connectivity index (χ0n) is 17.0. The van der Waals surface area contributed by atoms with E-state index in [9.17, 15) is 15.0 Å². The van der Waals surface area contributed by atoms with Crippen LogP contribution in [0, 0.1) is 5.92 Å². The molecule has 2 aliphatic rings. The van der Waals surface area contributed by atoms with E-state index in [1.165, 1.54) is 0 Å². The van der Waals surface area contributed by atoms with Crippen LogP contribution in [0.4, 0.5) is 5.69 Å². The first-order chi connectivity index (χ1) is 13.4. The van der Waals surface area contributed by atoms with E-state index in [2.05, 4.69) is 15.9 Å². The molecule has 2 fully saturated rings. The number of aliphatic hydroxyl groups excluding tert-OH is 1. The number of hydrogen-bond acceptors (Lipinski definition) is 6. The maximum absolute atomic E-state index is 11.8. The van der Waals surface area contributed by atoms with E-state index < -0.39 is 5.60 Å². The SMILES string of the molecule is COc1cccc(N2CCC(O)(CN3CCN(C(C)=O)C[C@@H](CO)C3)CC2)c1. The lowest BCUT2D eigenvalue weighted by Crippen LogP contribution is -2.52. The van der Waals surface area contributed by atoms with Crippen molar-refractivity contribution in [2.45, 2.75) is 25.4 Å². The van der Waals surface area contributed by atoms with Gasteiger partial charge in [0.25, 0.3) is 0 Å². The predicted molar refractivity (Wildman–Crippen MR) is 109 cm³/mol. The van der Waals surface area contributed by atoms with Gasteiger partial charge in [0, 0.05) is 77.0 Å². The monoisotopic (exact) mass is 391 g/mol. The molecule has 3 rings (SSSR count). The summed E-state index contributed by atoms with van der Waals surface area (Å²) in [7, 11) is 1.67. The van der Waals surface area contributed by atoms with Gasteiger partial charge in [-0.15, -0.1) is 0 Å². The van der Waals surface area contributed by atoms with E-state index >= 15 is 0 Å². The van der Waals surface area contributed by atoms with Gasteiger partial charge in [-0.05, 0) is 25.0 Å². The van der Waals surface area contributed by atoms with Gasteiger partial charge in [-0.25, -0.2) is 0 Å². The molecule has 2 N–H and O–H groups in total. The highest BCUT2D eigenvalue weighted by atomic mass is 16.5. The van der Waals surface area contributed by atoms with Crippen molar-refractivity contribution in [3.63, 3.8) is 0 Å². The van der Waals surface area contributed by atoms with Crippen LogP contribution in [0.15, 0.2) is 24.3 Å². The molecule has 1 amide bonds. The second-order valence-corrected chi connectivity index (χ2v) is 8.16. The zero-order chi connectivity index (χ0) is 20.1. The van der Waals surface area contributed by atoms with Crippen molar-refractivity contribution in [2.75, 3.05) is 64.4 Å². The summed E-state index contributed by atoms with van der Waals surface area (Å²) in [4.78, 5) is 18.1. The number of piperidine rings is 1. The van der Waals surface area contributed by atoms with Gasteiger partial charge < -0.3 is 24.7 Å². The Balaban J connectivity index is 1.58. The van der Waals surface area contributed by atoms with Crippen molar-refractivity contribution < 1.29 is 19.7 Å². The Bertz CT molecular complexity index is 661. The number of amides is 1. The Hall–Kier alpha value is -1.83. The van der Waals surface area contributed by atoms with E-state index in [-0.39, 0.29) is 18.4 Å². The molecule has 0 saturated carbocycles. The van der Waals surface area contributed by atoms with Gasteiger partial charge in [-0.3, -0.25) is 9.69 Å². The Morgan fingerprint density at radius 3 is 2.61 bits per heavy atom. The normalized spacial score (nSPS) is 23.4. The lowest BCUT2D eigenvalue weighted by Gasteiger charge is -2.42. The molecule has 0 bridgehead atoms. The first-order valence-electron chi connectivity index (χ1n) is 10.1. The number of methoxy groups -OCH3 is 1. The van der Waals surface area contributed by atoms with E-state index in [4.69, 9.17) is 4.74 Å². The summed E-state index contributed by atoms with van der Waals surface area (Å²) in [5.41, 5.74) is 0.384. The summed E-state index contributed by atoms with van der Waals surface area (Å²) in [6, 6.07) is 8.03. The van der Waals surface area contributed by atoms with Crippen LogP contribution in [0.3, 0.4) is 0 Å². The van der Waals surface area contributed by atoms with Crippen LogP contribution in [0.25, 0.3) is 0 Å². The predicted octanol–water partition coefficient (Wildman–Crippen LogP) is 0.799. The molecule has 0 radical (unpaired) electrons. The Labute approximate surface area is 167 Å². The van der Waals surface area contributed by atoms with Crippen molar-refractivity contribution in [1.82, 2.24) is 9.80 Å². The molecule has 0 spiro atoms. The number of rotatable bonds is 5. The first kappa shape index (κ1) is 20.9. The fourth-order valence-electron chi connectivity index (χ4n) is 4.29. The number of β-amino-alcohol motifs (C(OH)–C–C–N with tert-alkyl or cyclic N) is 1. The molecule has 0 unspecified atom stereocenters. The van der Waals surface area contributed by atoms with E-state index in [0.29, 0.717) is 39.0 Å². The zero-order valence-corrected chi connectivity index (χ0v) is 17.0. The fraction of sp³-hybridized carbons (Fsp3) is 0.667. The number of aliphatic hydroxyl groups is 2. The third kappa shape index (κ3) is 5.16. The molecule has 1 atom stereocenters. The molecule has 1 aromatic rings. The van der Waals surface area contributed by atoms with Crippen molar-refractivity contribution in [2.24, 2.45) is 5.92 Å². The van der Waals surface area contributed by atoms with Crippen molar-refractivity contribution >= 4 is 11.6 Å². The number of anilines is 1. The quantitative estimate of drug-likeness (QED) is 0.773. The Morgan fingerprint density at radius 1 is 1.21 bits per heavy atom. The molecule has 1 aromatic carbocycles. The molecule has 7 heteroatoms. The van der Waals surface area contributed by atoms with E-state index in [0.717, 1.165) is 31.1 Å². The average molecular weight is 392 g/mol. The minimum Gasteiger partial charge on any atom is -0.497 e. The van der Waals surface area contributed by atoms with Gasteiger partial charge in [0.15, 0.2) is 0 Å². The molecule has 2 saturated heterocycles. The number of benzene rings is 1. The molecule has 156 valence electrons. The van der Waals surface area contributed by atoms with E-state index in [1.54, 1.807) is 18.9 Å². The van der Waals surface area contributed by atoms with Crippen molar-refractivity contribution in [3.05, 3.63) is 24.3 Å². The molecule has 2 aliphatic heterocycles. The van der Waals surface area contributed by atoms with Crippen LogP contribution >= 0.6 is 0 Å². The van der Waals surface area contributed by atoms with Gasteiger partial charge in [-0.2, -0.15) is 0 Å². The highest BCUT2D eigenvalue weighted by molar-refractivity contribution is 5.73. The highest BCUT2D eigenvalue weighted by Crippen LogP contribution is 2.29. The smallest absolute Gasteiger partial charge is 0.219 e. The second-order valence-electron chi connectivity index (χ2n) is 8.16. The van der Waals surface area contributed by atoms with Gasteiger partial charge in [0.1, 0.15) is 5.75 Å². The molecule has 0 aromatic heterocycles. The molecule has 0 aliphatic carbocycles. The molecule has 28 heavy (non-hydrogen) atoms. The fourth-order valence-corrected chi connectivity index (χ4v) is 4.29. The largest absolute Gasteiger partial charge is 0.497 e. The second kappa shape index (κ2) is 9.11. The van der Waals surface area contributed by atoms with Gasteiger partial charge >= 0.3 is 0 Å². The van der Waals surface area contributed by atoms with Crippen LogP contribution in [0.5, 0.6) is 5.75 Å². The Kier molecular flexibility index (Phi) is 6.80. The van der Waals surface area contributed by atoms with Gasteiger partial charge in [0.2, 0.25) is 5.91 Å². The molecular formula is C21H33N3O4. The van der Waals surface area contributed by atoms with Crippen LogP contribution in [-0.4, -0.2) is 91.1 Å². The van der Waals surface area contributed by atoms with E-state index in [1.807, 2.05) is 18.2 Å². The first-order valence-corrected chi connectivity index (χ1v) is 10.1. The number of ether oxygens (including phenoxy) is 1. The summed E-state index contributed by atoms with van der Waals surface area (Å²) in [6.45, 7) is 6.48. The third-order valence-corrected chi connectivity index (χ3v) is 6.02. The van der Waals surface area contributed by atoms with Crippen LogP contribution in [0.1, 0.15) is 19.8 Å². The van der Waals surface area contributed by atoms with Crippen molar-refractivity contribution in [3.8, 4) is 5.75 Å². The third-order valence-electron chi connectivity index (χ3n) is 6.02. The Morgan fingerprint density at radius 2 is 1.96 bits per heavy atom. The summed E-state index contributed by atoms with van der Waals surface area (Å²) >= 11 is 0. The maximum Gasteiger partial charge on any atom is 0.219 e. The average Bonchev–Trinajstić information content (AvgIpc) is 2.90. The van der Waals surface area contributed by atoms with Gasteiger partial charge in [0.05, 0.1) is 12.7 Å².